The Hall–Kier alpha value is -1.38. The van der Waals surface area contributed by atoms with Crippen LogP contribution in [-0.2, 0) is 28.9 Å². The minimum absolute atomic E-state index is 0.0582. The Balaban J connectivity index is 1.46. The summed E-state index contributed by atoms with van der Waals surface area (Å²) in [5, 5.41) is 1.49. The van der Waals surface area contributed by atoms with E-state index in [1.54, 1.807) is 15.9 Å². The van der Waals surface area contributed by atoms with E-state index >= 15 is 0 Å². The highest BCUT2D eigenvalue weighted by Crippen LogP contribution is 2.35. The first-order valence-electron chi connectivity index (χ1n) is 11.3. The summed E-state index contributed by atoms with van der Waals surface area (Å²) in [6.45, 7) is 3.00. The van der Waals surface area contributed by atoms with E-state index in [4.69, 9.17) is 9.72 Å². The van der Waals surface area contributed by atoms with Gasteiger partial charge < -0.3 is 9.64 Å². The van der Waals surface area contributed by atoms with E-state index in [-0.39, 0.29) is 17.6 Å². The van der Waals surface area contributed by atoms with Crippen LogP contribution in [-0.4, -0.2) is 51.9 Å². The van der Waals surface area contributed by atoms with Crippen LogP contribution in [0.2, 0.25) is 0 Å². The minimum Gasteiger partial charge on any atom is -0.376 e. The van der Waals surface area contributed by atoms with Gasteiger partial charge in [-0.05, 0) is 63.4 Å². The summed E-state index contributed by atoms with van der Waals surface area (Å²) in [7, 11) is 0. The molecule has 0 spiro atoms. The summed E-state index contributed by atoms with van der Waals surface area (Å²) in [6.07, 6.45) is 9.83. The van der Waals surface area contributed by atoms with Crippen molar-refractivity contribution in [1.82, 2.24) is 14.5 Å². The molecule has 0 unspecified atom stereocenters. The van der Waals surface area contributed by atoms with Crippen molar-refractivity contribution in [3.63, 3.8) is 0 Å². The van der Waals surface area contributed by atoms with E-state index in [9.17, 15) is 9.59 Å². The van der Waals surface area contributed by atoms with Crippen LogP contribution in [0.3, 0.4) is 0 Å². The van der Waals surface area contributed by atoms with Gasteiger partial charge in [0.2, 0.25) is 5.91 Å². The number of piperidine rings is 1. The fourth-order valence-electron chi connectivity index (χ4n) is 4.84. The Labute approximate surface area is 185 Å². The van der Waals surface area contributed by atoms with Gasteiger partial charge >= 0.3 is 0 Å². The van der Waals surface area contributed by atoms with Crippen molar-refractivity contribution in [2.24, 2.45) is 0 Å². The molecule has 5 rings (SSSR count). The molecule has 162 valence electrons. The van der Waals surface area contributed by atoms with Crippen LogP contribution in [0, 0.1) is 0 Å². The van der Waals surface area contributed by atoms with Crippen molar-refractivity contribution in [2.75, 3.05) is 25.4 Å². The van der Waals surface area contributed by atoms with Crippen LogP contribution in [0.5, 0.6) is 0 Å². The molecule has 1 atom stereocenters. The second kappa shape index (κ2) is 9.01. The van der Waals surface area contributed by atoms with Crippen molar-refractivity contribution in [3.8, 4) is 0 Å². The van der Waals surface area contributed by atoms with E-state index in [2.05, 4.69) is 0 Å². The molecule has 2 aromatic rings. The molecule has 2 fully saturated rings. The molecule has 1 aliphatic carbocycles. The molecule has 0 N–H and O–H groups in total. The van der Waals surface area contributed by atoms with Gasteiger partial charge in [0.15, 0.2) is 5.16 Å². The average Bonchev–Trinajstić information content (AvgIpc) is 3.42. The van der Waals surface area contributed by atoms with E-state index < -0.39 is 0 Å². The first-order valence-corrected chi connectivity index (χ1v) is 13.1. The first kappa shape index (κ1) is 20.5. The van der Waals surface area contributed by atoms with Crippen molar-refractivity contribution in [3.05, 3.63) is 20.8 Å². The number of ether oxygens (including phenoxy) is 1. The number of hydrogen-bond donors (Lipinski definition) is 0. The quantitative estimate of drug-likeness (QED) is 0.517. The lowest BCUT2D eigenvalue weighted by Gasteiger charge is -2.26. The maximum absolute atomic E-state index is 13.6. The number of thiophene rings is 1. The Bertz CT molecular complexity index is 988. The van der Waals surface area contributed by atoms with Gasteiger partial charge in [-0.25, -0.2) is 4.98 Å². The van der Waals surface area contributed by atoms with E-state index in [1.807, 2.05) is 4.90 Å². The van der Waals surface area contributed by atoms with Crippen molar-refractivity contribution >= 4 is 39.2 Å². The number of hydrogen-bond acceptors (Lipinski definition) is 6. The number of likely N-dealkylation sites (tertiary alicyclic amines) is 1. The van der Waals surface area contributed by atoms with Crippen LogP contribution in [0.15, 0.2) is 9.95 Å². The molecule has 0 radical (unpaired) electrons. The molecule has 2 aliphatic heterocycles. The third-order valence-corrected chi connectivity index (χ3v) is 8.63. The molecule has 0 bridgehead atoms. The number of amides is 1. The predicted octanol–water partition coefficient (Wildman–Crippen LogP) is 3.62. The highest BCUT2D eigenvalue weighted by Gasteiger charge is 2.25. The number of fused-ring (bicyclic) bond motifs is 3. The molecule has 30 heavy (non-hydrogen) atoms. The zero-order valence-electron chi connectivity index (χ0n) is 17.4. The van der Waals surface area contributed by atoms with E-state index in [1.165, 1.54) is 35.0 Å². The third kappa shape index (κ3) is 4.06. The average molecular weight is 448 g/mol. The van der Waals surface area contributed by atoms with Gasteiger partial charge in [-0.2, -0.15) is 0 Å². The Morgan fingerprint density at radius 3 is 2.77 bits per heavy atom. The SMILES string of the molecule is O=C(CSc1nc2sc3c(c2c(=O)n1C[C@H]1CCCO1)CCCC3)N1CCCCC1. The van der Waals surface area contributed by atoms with Gasteiger partial charge in [-0.1, -0.05) is 11.8 Å². The topological polar surface area (TPSA) is 64.4 Å². The molecule has 1 amide bonds. The summed E-state index contributed by atoms with van der Waals surface area (Å²) in [6, 6.07) is 0. The van der Waals surface area contributed by atoms with Crippen LogP contribution < -0.4 is 5.56 Å². The van der Waals surface area contributed by atoms with Crippen LogP contribution in [0.25, 0.3) is 10.2 Å². The number of carbonyl (C=O) groups excluding carboxylic acids is 1. The van der Waals surface area contributed by atoms with Crippen molar-refractivity contribution < 1.29 is 9.53 Å². The summed E-state index contributed by atoms with van der Waals surface area (Å²) in [5.74, 6) is 0.498. The summed E-state index contributed by atoms with van der Waals surface area (Å²) < 4.78 is 7.62. The Morgan fingerprint density at radius 2 is 1.97 bits per heavy atom. The van der Waals surface area contributed by atoms with Gasteiger partial charge in [-0.15, -0.1) is 11.3 Å². The zero-order chi connectivity index (χ0) is 20.5. The number of carbonyl (C=O) groups is 1. The van der Waals surface area contributed by atoms with Crippen molar-refractivity contribution in [1.29, 1.82) is 0 Å². The van der Waals surface area contributed by atoms with Gasteiger partial charge in [0.25, 0.3) is 5.56 Å². The number of aryl methyl sites for hydroxylation is 2. The number of nitrogens with zero attached hydrogens (tertiary/aromatic N) is 3. The first-order chi connectivity index (χ1) is 14.7. The maximum Gasteiger partial charge on any atom is 0.263 e. The molecule has 3 aliphatic rings. The molecule has 4 heterocycles. The van der Waals surface area contributed by atoms with E-state index in [0.717, 1.165) is 74.9 Å². The summed E-state index contributed by atoms with van der Waals surface area (Å²) in [5.41, 5.74) is 1.28. The van der Waals surface area contributed by atoms with Crippen molar-refractivity contribution in [2.45, 2.75) is 75.6 Å². The van der Waals surface area contributed by atoms with Crippen LogP contribution in [0.1, 0.15) is 55.4 Å². The lowest BCUT2D eigenvalue weighted by atomic mass is 9.97. The highest BCUT2D eigenvalue weighted by atomic mass is 32.2. The maximum atomic E-state index is 13.6. The fraction of sp³-hybridized carbons (Fsp3) is 0.682. The fourth-order valence-corrected chi connectivity index (χ4v) is 7.06. The Kier molecular flexibility index (Phi) is 6.16. The molecule has 0 saturated carbocycles. The van der Waals surface area contributed by atoms with Crippen LogP contribution >= 0.6 is 23.1 Å². The molecule has 2 aromatic heterocycles. The molecular formula is C22H29N3O3S2. The normalized spacial score (nSPS) is 21.9. The van der Waals surface area contributed by atoms with Gasteiger partial charge in [0, 0.05) is 24.6 Å². The molecule has 0 aromatic carbocycles. The smallest absolute Gasteiger partial charge is 0.263 e. The van der Waals surface area contributed by atoms with Gasteiger partial charge in [-0.3, -0.25) is 14.2 Å². The summed E-state index contributed by atoms with van der Waals surface area (Å²) >= 11 is 3.10. The minimum atomic E-state index is 0.0582. The number of rotatable bonds is 5. The zero-order valence-corrected chi connectivity index (χ0v) is 19.0. The highest BCUT2D eigenvalue weighted by molar-refractivity contribution is 7.99. The number of thioether (sulfide) groups is 1. The Morgan fingerprint density at radius 1 is 1.13 bits per heavy atom. The summed E-state index contributed by atoms with van der Waals surface area (Å²) in [4.78, 5) is 35.3. The molecule has 8 heteroatoms. The standard InChI is InChI=1S/C22H29N3O3S2/c26-18(24-10-4-1-5-11-24)14-29-22-23-20-19(16-8-2-3-9-17(16)30-20)21(27)25(22)13-15-7-6-12-28-15/h15H,1-14H2/t15-/m1/s1. The van der Waals surface area contributed by atoms with Gasteiger partial charge in [0.1, 0.15) is 4.83 Å². The van der Waals surface area contributed by atoms with Crippen LogP contribution in [0.4, 0.5) is 0 Å². The predicted molar refractivity (Wildman–Crippen MR) is 121 cm³/mol. The van der Waals surface area contributed by atoms with E-state index in [0.29, 0.717) is 17.5 Å². The lowest BCUT2D eigenvalue weighted by molar-refractivity contribution is -0.129. The lowest BCUT2D eigenvalue weighted by Crippen LogP contribution is -2.37. The second-order valence-corrected chi connectivity index (χ2v) is 10.6. The number of aromatic nitrogens is 2. The molecule has 2 saturated heterocycles. The monoisotopic (exact) mass is 447 g/mol. The molecule has 6 nitrogen and oxygen atoms in total. The largest absolute Gasteiger partial charge is 0.376 e. The van der Waals surface area contributed by atoms with Gasteiger partial charge in [0.05, 0.1) is 23.8 Å². The third-order valence-electron chi connectivity index (χ3n) is 6.48. The second-order valence-electron chi connectivity index (χ2n) is 8.57. The molecular weight excluding hydrogens is 418 g/mol.